The molecule has 1 heterocycles. The number of nitrogens with two attached hydrogens (primary N) is 1. The van der Waals surface area contributed by atoms with E-state index < -0.39 is 0 Å². The highest BCUT2D eigenvalue weighted by Gasteiger charge is 2.30. The molecular formula is C16H17NO3. The van der Waals surface area contributed by atoms with Crippen molar-refractivity contribution < 1.29 is 14.9 Å². The van der Waals surface area contributed by atoms with Crippen LogP contribution in [0.15, 0.2) is 42.5 Å². The number of aromatic hydroxyl groups is 2. The Hall–Kier alpha value is -2.04. The number of hydrogen-bond donors (Lipinski definition) is 3. The van der Waals surface area contributed by atoms with Gasteiger partial charge in [-0.2, -0.15) is 0 Å². The van der Waals surface area contributed by atoms with Crippen LogP contribution in [0.2, 0.25) is 0 Å². The molecule has 0 bridgehead atoms. The Labute approximate surface area is 117 Å². The van der Waals surface area contributed by atoms with Crippen LogP contribution in [0.5, 0.6) is 11.5 Å². The molecule has 0 saturated heterocycles. The number of phenols is 2. The highest BCUT2D eigenvalue weighted by molar-refractivity contribution is 5.51. The summed E-state index contributed by atoms with van der Waals surface area (Å²) in [6, 6.07) is 13.1. The van der Waals surface area contributed by atoms with Crippen LogP contribution < -0.4 is 5.73 Å². The standard InChI is InChI=1S/C16H17NO3/c17-9-15-11-6-7-13(18)16(19)12(11)8-14(20-15)10-4-2-1-3-5-10/h1-7,14-15,18-19H,8-9,17H2/t14-,15-/m1/s1. The van der Waals surface area contributed by atoms with Crippen molar-refractivity contribution in [2.45, 2.75) is 18.6 Å². The molecule has 2 atom stereocenters. The Balaban J connectivity index is 2.03. The largest absolute Gasteiger partial charge is 0.504 e. The summed E-state index contributed by atoms with van der Waals surface area (Å²) < 4.78 is 6.03. The lowest BCUT2D eigenvalue weighted by atomic mass is 9.90. The molecule has 3 rings (SSSR count). The molecule has 4 nitrogen and oxygen atoms in total. The molecule has 1 aliphatic rings. The van der Waals surface area contributed by atoms with E-state index in [1.807, 2.05) is 30.3 Å². The quantitative estimate of drug-likeness (QED) is 0.733. The Morgan fingerprint density at radius 1 is 1.10 bits per heavy atom. The highest BCUT2D eigenvalue weighted by Crippen LogP contribution is 2.43. The Kier molecular flexibility index (Phi) is 3.34. The number of ether oxygens (including phenoxy) is 1. The first-order chi connectivity index (χ1) is 9.70. The molecule has 0 unspecified atom stereocenters. The fraction of sp³-hybridized carbons (Fsp3) is 0.250. The van der Waals surface area contributed by atoms with Crippen LogP contribution in [-0.2, 0) is 11.2 Å². The van der Waals surface area contributed by atoms with Gasteiger partial charge in [0.1, 0.15) is 0 Å². The minimum absolute atomic E-state index is 0.0646. The summed E-state index contributed by atoms with van der Waals surface area (Å²) in [5.74, 6) is -0.168. The predicted molar refractivity (Wildman–Crippen MR) is 75.5 cm³/mol. The van der Waals surface area contributed by atoms with E-state index >= 15 is 0 Å². The molecule has 0 aliphatic carbocycles. The van der Waals surface area contributed by atoms with E-state index in [1.54, 1.807) is 6.07 Å². The van der Waals surface area contributed by atoms with E-state index in [0.717, 1.165) is 16.7 Å². The van der Waals surface area contributed by atoms with Gasteiger partial charge in [0.25, 0.3) is 0 Å². The molecule has 0 aromatic heterocycles. The van der Waals surface area contributed by atoms with E-state index in [4.69, 9.17) is 10.5 Å². The molecule has 0 amide bonds. The van der Waals surface area contributed by atoms with Crippen molar-refractivity contribution in [2.24, 2.45) is 5.73 Å². The first-order valence-electron chi connectivity index (χ1n) is 6.65. The van der Waals surface area contributed by atoms with E-state index in [0.29, 0.717) is 13.0 Å². The van der Waals surface area contributed by atoms with Gasteiger partial charge in [-0.1, -0.05) is 36.4 Å². The van der Waals surface area contributed by atoms with Crippen LogP contribution in [0.1, 0.15) is 28.9 Å². The van der Waals surface area contributed by atoms with Crippen molar-refractivity contribution in [1.29, 1.82) is 0 Å². The molecule has 1 aliphatic heterocycles. The summed E-state index contributed by atoms with van der Waals surface area (Å²) in [5.41, 5.74) is 8.40. The van der Waals surface area contributed by atoms with Gasteiger partial charge < -0.3 is 20.7 Å². The van der Waals surface area contributed by atoms with Gasteiger partial charge in [0, 0.05) is 18.5 Å². The second-order valence-electron chi connectivity index (χ2n) is 4.96. The third-order valence-corrected chi connectivity index (χ3v) is 3.75. The number of fused-ring (bicyclic) bond motifs is 1. The van der Waals surface area contributed by atoms with Crippen molar-refractivity contribution in [3.05, 3.63) is 59.2 Å². The fourth-order valence-electron chi connectivity index (χ4n) is 2.71. The van der Waals surface area contributed by atoms with Gasteiger partial charge in [0.05, 0.1) is 12.2 Å². The molecule has 0 spiro atoms. The Bertz CT molecular complexity index is 613. The maximum Gasteiger partial charge on any atom is 0.161 e. The van der Waals surface area contributed by atoms with Gasteiger partial charge in [-0.3, -0.25) is 0 Å². The lowest BCUT2D eigenvalue weighted by molar-refractivity contribution is -0.0230. The number of hydrogen-bond acceptors (Lipinski definition) is 4. The lowest BCUT2D eigenvalue weighted by Crippen LogP contribution is -2.25. The number of benzene rings is 2. The van der Waals surface area contributed by atoms with Crippen LogP contribution >= 0.6 is 0 Å². The van der Waals surface area contributed by atoms with Crippen molar-refractivity contribution in [3.8, 4) is 11.5 Å². The third kappa shape index (κ3) is 2.13. The van der Waals surface area contributed by atoms with Gasteiger partial charge in [-0.25, -0.2) is 0 Å². The highest BCUT2D eigenvalue weighted by atomic mass is 16.5. The van der Waals surface area contributed by atoms with Crippen LogP contribution in [0, 0.1) is 0 Å². The zero-order valence-corrected chi connectivity index (χ0v) is 11.0. The molecule has 0 fully saturated rings. The first kappa shape index (κ1) is 13.0. The van der Waals surface area contributed by atoms with Gasteiger partial charge in [0.2, 0.25) is 0 Å². The SMILES string of the molecule is NC[C@H]1O[C@@H](c2ccccc2)Cc2c1ccc(O)c2O. The summed E-state index contributed by atoms with van der Waals surface area (Å²) in [7, 11) is 0. The molecule has 4 heteroatoms. The van der Waals surface area contributed by atoms with Crippen LogP contribution in [0.3, 0.4) is 0 Å². The van der Waals surface area contributed by atoms with Crippen molar-refractivity contribution in [3.63, 3.8) is 0 Å². The maximum absolute atomic E-state index is 10.1. The minimum Gasteiger partial charge on any atom is -0.504 e. The zero-order valence-electron chi connectivity index (χ0n) is 11.0. The predicted octanol–water partition coefficient (Wildman–Crippen LogP) is 2.41. The van der Waals surface area contributed by atoms with E-state index in [2.05, 4.69) is 0 Å². The normalized spacial score (nSPS) is 21.4. The smallest absolute Gasteiger partial charge is 0.161 e. The van der Waals surface area contributed by atoms with Crippen LogP contribution in [0.25, 0.3) is 0 Å². The molecule has 104 valence electrons. The van der Waals surface area contributed by atoms with Crippen molar-refractivity contribution in [1.82, 2.24) is 0 Å². The molecule has 4 N–H and O–H groups in total. The summed E-state index contributed by atoms with van der Waals surface area (Å²) >= 11 is 0. The lowest BCUT2D eigenvalue weighted by Gasteiger charge is -2.32. The minimum atomic E-state index is -0.268. The van der Waals surface area contributed by atoms with Gasteiger partial charge in [0.15, 0.2) is 11.5 Å². The zero-order chi connectivity index (χ0) is 14.1. The van der Waals surface area contributed by atoms with Gasteiger partial charge >= 0.3 is 0 Å². The summed E-state index contributed by atoms with van der Waals surface area (Å²) in [6.45, 7) is 0.334. The maximum atomic E-state index is 10.1. The van der Waals surface area contributed by atoms with Crippen LogP contribution in [0.4, 0.5) is 0 Å². The average Bonchev–Trinajstić information content (AvgIpc) is 2.51. The average molecular weight is 271 g/mol. The van der Waals surface area contributed by atoms with E-state index in [1.165, 1.54) is 6.07 Å². The second kappa shape index (κ2) is 5.15. The van der Waals surface area contributed by atoms with E-state index in [9.17, 15) is 10.2 Å². The topological polar surface area (TPSA) is 75.7 Å². The van der Waals surface area contributed by atoms with Crippen LogP contribution in [-0.4, -0.2) is 16.8 Å². The molecule has 2 aromatic rings. The molecule has 2 aromatic carbocycles. The number of rotatable bonds is 2. The Morgan fingerprint density at radius 2 is 1.85 bits per heavy atom. The monoisotopic (exact) mass is 271 g/mol. The van der Waals surface area contributed by atoms with Crippen molar-refractivity contribution in [2.75, 3.05) is 6.54 Å². The third-order valence-electron chi connectivity index (χ3n) is 3.75. The fourth-order valence-corrected chi connectivity index (χ4v) is 2.71. The summed E-state index contributed by atoms with van der Waals surface area (Å²) in [4.78, 5) is 0. The second-order valence-corrected chi connectivity index (χ2v) is 4.96. The number of phenolic OH excluding ortho intramolecular Hbond substituents is 2. The van der Waals surface area contributed by atoms with E-state index in [-0.39, 0.29) is 23.7 Å². The molecule has 0 radical (unpaired) electrons. The summed E-state index contributed by atoms with van der Waals surface area (Å²) in [5, 5.41) is 19.7. The van der Waals surface area contributed by atoms with Gasteiger partial charge in [-0.15, -0.1) is 0 Å². The van der Waals surface area contributed by atoms with Crippen molar-refractivity contribution >= 4 is 0 Å². The molecule has 0 saturated carbocycles. The Morgan fingerprint density at radius 3 is 2.55 bits per heavy atom. The first-order valence-corrected chi connectivity index (χ1v) is 6.65. The van der Waals surface area contributed by atoms with Gasteiger partial charge in [-0.05, 0) is 17.2 Å². The molecular weight excluding hydrogens is 254 g/mol. The summed E-state index contributed by atoms with van der Waals surface area (Å²) in [6.07, 6.45) is 0.0937. The molecule has 20 heavy (non-hydrogen) atoms.